The van der Waals surface area contributed by atoms with Crippen molar-refractivity contribution < 1.29 is 14.6 Å². The van der Waals surface area contributed by atoms with Gasteiger partial charge in [0, 0.05) is 5.69 Å². The minimum absolute atomic E-state index is 0.0523. The van der Waals surface area contributed by atoms with Crippen LogP contribution in [0.3, 0.4) is 0 Å². The van der Waals surface area contributed by atoms with E-state index in [2.05, 4.69) is 11.6 Å². The average Bonchev–Trinajstić information content (AvgIpc) is 2.84. The van der Waals surface area contributed by atoms with Crippen LogP contribution in [-0.2, 0) is 4.74 Å². The van der Waals surface area contributed by atoms with E-state index in [0.29, 0.717) is 18.2 Å². The Labute approximate surface area is 105 Å². The molecule has 5 nitrogen and oxygen atoms in total. The van der Waals surface area contributed by atoms with Crippen LogP contribution >= 0.6 is 0 Å². The number of hydrogen-bond donors (Lipinski definition) is 0. The molecule has 0 radical (unpaired) electrons. The summed E-state index contributed by atoms with van der Waals surface area (Å²) < 4.78 is 5.30. The van der Waals surface area contributed by atoms with Gasteiger partial charge in [-0.1, -0.05) is 24.3 Å². The van der Waals surface area contributed by atoms with Crippen molar-refractivity contribution in [3.05, 3.63) is 43.0 Å². The van der Waals surface area contributed by atoms with Crippen molar-refractivity contribution in [2.24, 2.45) is 4.99 Å². The molecule has 0 aliphatic carbocycles. The number of benzene rings is 1. The number of aliphatic imine (C=N–C) groups is 1. The van der Waals surface area contributed by atoms with E-state index in [4.69, 9.17) is 4.74 Å². The fraction of sp³-hybridized carbons (Fsp3) is 0.231. The molecule has 2 rings (SSSR count). The number of para-hydroxylation sites is 1. The van der Waals surface area contributed by atoms with Gasteiger partial charge in [0.25, 0.3) is 0 Å². The summed E-state index contributed by atoms with van der Waals surface area (Å²) in [5, 5.41) is 11.1. The minimum atomic E-state index is -1.28. The maximum Gasteiger partial charge on any atom is 0.204 e. The highest BCUT2D eigenvalue weighted by atomic mass is 16.5. The van der Waals surface area contributed by atoms with Crippen molar-refractivity contribution >= 4 is 17.7 Å². The predicted molar refractivity (Wildman–Crippen MR) is 66.6 cm³/mol. The monoisotopic (exact) mass is 245 g/mol. The van der Waals surface area contributed by atoms with Crippen molar-refractivity contribution in [3.63, 3.8) is 0 Å². The molecule has 18 heavy (non-hydrogen) atoms. The Balaban J connectivity index is 2.13. The van der Waals surface area contributed by atoms with E-state index < -0.39 is 6.09 Å². The van der Waals surface area contributed by atoms with E-state index in [1.54, 1.807) is 30.3 Å². The number of hydrogen-bond acceptors (Lipinski definition) is 4. The quantitative estimate of drug-likeness (QED) is 0.738. The van der Waals surface area contributed by atoms with E-state index in [1.165, 1.54) is 0 Å². The van der Waals surface area contributed by atoms with E-state index in [-0.39, 0.29) is 12.6 Å². The lowest BCUT2D eigenvalue weighted by molar-refractivity contribution is -0.246. The first kappa shape index (κ1) is 12.2. The summed E-state index contributed by atoms with van der Waals surface area (Å²) in [6.07, 6.45) is 0.383. The van der Waals surface area contributed by atoms with Gasteiger partial charge in [-0.2, -0.15) is 0 Å². The van der Waals surface area contributed by atoms with Crippen LogP contribution in [0.25, 0.3) is 0 Å². The number of rotatable bonds is 4. The van der Waals surface area contributed by atoms with Crippen molar-refractivity contribution in [2.75, 3.05) is 18.1 Å². The molecule has 0 fully saturated rings. The number of anilines is 1. The zero-order chi connectivity index (χ0) is 13.0. The lowest BCUT2D eigenvalue weighted by atomic mass is 10.3. The first-order chi connectivity index (χ1) is 8.70. The lowest BCUT2D eigenvalue weighted by Gasteiger charge is -2.24. The Morgan fingerprint density at radius 1 is 1.56 bits per heavy atom. The highest BCUT2D eigenvalue weighted by molar-refractivity contribution is 5.93. The molecule has 0 aromatic heterocycles. The largest absolute Gasteiger partial charge is 0.530 e. The van der Waals surface area contributed by atoms with Gasteiger partial charge in [0.2, 0.25) is 5.90 Å². The number of carboxylic acid groups (broad SMARTS) is 1. The highest BCUT2D eigenvalue weighted by Crippen LogP contribution is 2.14. The van der Waals surface area contributed by atoms with Crippen LogP contribution in [0.2, 0.25) is 0 Å². The summed E-state index contributed by atoms with van der Waals surface area (Å²) in [6.45, 7) is 4.08. The van der Waals surface area contributed by atoms with Gasteiger partial charge in [-0.25, -0.2) is 4.99 Å². The number of carbonyl (C=O) groups is 1. The molecule has 1 aromatic rings. The average molecular weight is 245 g/mol. The molecule has 0 saturated heterocycles. The van der Waals surface area contributed by atoms with Crippen LogP contribution in [0.4, 0.5) is 10.5 Å². The molecule has 1 aromatic carbocycles. The van der Waals surface area contributed by atoms with Gasteiger partial charge in [-0.15, -0.1) is 6.58 Å². The molecule has 1 aliphatic rings. The van der Waals surface area contributed by atoms with Gasteiger partial charge < -0.3 is 19.5 Å². The topological polar surface area (TPSA) is 65.0 Å². The Morgan fingerprint density at radius 2 is 2.28 bits per heavy atom. The maximum atomic E-state index is 11.1. The summed E-state index contributed by atoms with van der Waals surface area (Å²) in [4.78, 5) is 16.4. The normalized spacial score (nSPS) is 17.8. The molecule has 0 spiro atoms. The van der Waals surface area contributed by atoms with Crippen LogP contribution in [0.1, 0.15) is 0 Å². The molecule has 0 bridgehead atoms. The second kappa shape index (κ2) is 5.35. The zero-order valence-corrected chi connectivity index (χ0v) is 9.78. The van der Waals surface area contributed by atoms with Gasteiger partial charge in [0.05, 0.1) is 0 Å². The number of carbonyl (C=O) groups excluding carboxylic acids is 1. The summed E-state index contributed by atoms with van der Waals surface area (Å²) >= 11 is 0. The summed E-state index contributed by atoms with van der Waals surface area (Å²) in [6, 6.07) is 8.62. The zero-order valence-electron chi connectivity index (χ0n) is 9.78. The fourth-order valence-electron chi connectivity index (χ4n) is 1.65. The molecule has 0 saturated carbocycles. The van der Waals surface area contributed by atoms with Gasteiger partial charge in [0.15, 0.2) is 0 Å². The lowest BCUT2D eigenvalue weighted by Crippen LogP contribution is -2.44. The second-order valence-corrected chi connectivity index (χ2v) is 3.82. The van der Waals surface area contributed by atoms with Crippen LogP contribution in [0, 0.1) is 0 Å². The maximum absolute atomic E-state index is 11.1. The van der Waals surface area contributed by atoms with Gasteiger partial charge in [-0.3, -0.25) is 0 Å². The Kier molecular flexibility index (Phi) is 3.62. The van der Waals surface area contributed by atoms with Gasteiger partial charge >= 0.3 is 0 Å². The van der Waals surface area contributed by atoms with Crippen LogP contribution in [-0.4, -0.2) is 31.2 Å². The Morgan fingerprint density at radius 3 is 2.83 bits per heavy atom. The molecule has 1 atom stereocenters. The third-order valence-electron chi connectivity index (χ3n) is 2.58. The van der Waals surface area contributed by atoms with Crippen LogP contribution in [0.5, 0.6) is 0 Å². The van der Waals surface area contributed by atoms with E-state index in [9.17, 15) is 9.90 Å². The van der Waals surface area contributed by atoms with Gasteiger partial charge in [0.1, 0.15) is 25.3 Å². The third kappa shape index (κ3) is 2.68. The summed E-state index contributed by atoms with van der Waals surface area (Å²) in [5.41, 5.74) is 0.533. The Hall–Kier alpha value is -2.30. The third-order valence-corrected chi connectivity index (χ3v) is 2.58. The van der Waals surface area contributed by atoms with Crippen molar-refractivity contribution in [1.29, 1.82) is 0 Å². The molecule has 1 aliphatic heterocycles. The highest BCUT2D eigenvalue weighted by Gasteiger charge is 2.19. The van der Waals surface area contributed by atoms with Crippen molar-refractivity contribution in [2.45, 2.75) is 6.04 Å². The van der Waals surface area contributed by atoms with E-state index in [0.717, 1.165) is 4.90 Å². The second-order valence-electron chi connectivity index (χ2n) is 3.82. The summed E-state index contributed by atoms with van der Waals surface area (Å²) in [7, 11) is 0. The molecule has 5 heteroatoms. The smallest absolute Gasteiger partial charge is 0.204 e. The SMILES string of the molecule is C=CC1COC(CN(C(=O)[O-])c2ccccc2)=N1. The fourth-order valence-corrected chi connectivity index (χ4v) is 1.65. The number of ether oxygens (including phenoxy) is 1. The van der Waals surface area contributed by atoms with Crippen molar-refractivity contribution in [3.8, 4) is 0 Å². The molecule has 1 amide bonds. The first-order valence-corrected chi connectivity index (χ1v) is 5.56. The molecule has 1 heterocycles. The van der Waals surface area contributed by atoms with Crippen LogP contribution < -0.4 is 10.0 Å². The Bertz CT molecular complexity index is 470. The van der Waals surface area contributed by atoms with E-state index in [1.807, 2.05) is 6.07 Å². The predicted octanol–water partition coefficient (Wildman–Crippen LogP) is 0.820. The number of amides is 1. The standard InChI is InChI=1S/C13H14N2O3/c1-2-10-9-18-12(14-10)8-15(13(16)17)11-6-4-3-5-7-11/h2-7,10H,1,8-9H2,(H,16,17)/p-1. The molecular weight excluding hydrogens is 232 g/mol. The summed E-state index contributed by atoms with van der Waals surface area (Å²) in [5.74, 6) is 0.382. The molecular formula is C13H13N2O3-. The van der Waals surface area contributed by atoms with E-state index >= 15 is 0 Å². The van der Waals surface area contributed by atoms with Gasteiger partial charge in [-0.05, 0) is 12.1 Å². The number of nitrogens with zero attached hydrogens (tertiary/aromatic N) is 2. The minimum Gasteiger partial charge on any atom is -0.530 e. The van der Waals surface area contributed by atoms with Crippen LogP contribution in [0.15, 0.2) is 48.0 Å². The molecule has 94 valence electrons. The molecule has 1 unspecified atom stereocenters. The molecule has 0 N–H and O–H groups in total. The first-order valence-electron chi connectivity index (χ1n) is 5.56. The van der Waals surface area contributed by atoms with Crippen molar-refractivity contribution in [1.82, 2.24) is 0 Å².